The highest BCUT2D eigenvalue weighted by molar-refractivity contribution is 6.14. The number of piperazine rings is 1. The van der Waals surface area contributed by atoms with Crippen molar-refractivity contribution in [2.24, 2.45) is 10.4 Å². The molecule has 1 fully saturated rings. The second kappa shape index (κ2) is 8.04. The summed E-state index contributed by atoms with van der Waals surface area (Å²) in [6.07, 6.45) is 2.55. The van der Waals surface area contributed by atoms with Crippen LogP contribution in [0.25, 0.3) is 0 Å². The number of nitrogens with zero attached hydrogens (tertiary/aromatic N) is 3. The number of ketones is 1. The highest BCUT2D eigenvalue weighted by Gasteiger charge is 2.32. The van der Waals surface area contributed by atoms with Crippen molar-refractivity contribution in [3.05, 3.63) is 11.3 Å². The van der Waals surface area contributed by atoms with Gasteiger partial charge in [-0.2, -0.15) is 0 Å². The summed E-state index contributed by atoms with van der Waals surface area (Å²) in [6, 6.07) is 0. The summed E-state index contributed by atoms with van der Waals surface area (Å²) in [4.78, 5) is 21.0. The lowest BCUT2D eigenvalue weighted by Crippen LogP contribution is -2.47. The van der Waals surface area contributed by atoms with E-state index in [1.54, 1.807) is 6.21 Å². The van der Waals surface area contributed by atoms with Gasteiger partial charge in [0.1, 0.15) is 5.76 Å². The number of aliphatic hydroxyl groups is 2. The summed E-state index contributed by atoms with van der Waals surface area (Å²) < 4.78 is 0. The molecule has 0 aromatic carbocycles. The number of β-amino-alcohol motifs (C(OH)–C–C–N with tert-alkyl or cyclic N) is 1. The monoisotopic (exact) mass is 323 g/mol. The molecule has 130 valence electrons. The van der Waals surface area contributed by atoms with Gasteiger partial charge in [-0.15, -0.1) is 0 Å². The quantitative estimate of drug-likeness (QED) is 0.709. The number of carbonyl (C=O) groups excluding carboxylic acids is 1. The minimum absolute atomic E-state index is 0.0138. The van der Waals surface area contributed by atoms with Crippen molar-refractivity contribution < 1.29 is 15.0 Å². The number of hydrogen-bond acceptors (Lipinski definition) is 6. The molecule has 1 heterocycles. The van der Waals surface area contributed by atoms with Gasteiger partial charge in [0.15, 0.2) is 5.78 Å². The number of aliphatic hydroxyl groups excluding tert-OH is 2. The van der Waals surface area contributed by atoms with Gasteiger partial charge in [-0.1, -0.05) is 13.8 Å². The van der Waals surface area contributed by atoms with Crippen molar-refractivity contribution in [3.8, 4) is 0 Å². The molecule has 0 bridgehead atoms. The molecule has 6 nitrogen and oxygen atoms in total. The molecule has 1 saturated heterocycles. The second-order valence-electron chi connectivity index (χ2n) is 7.24. The van der Waals surface area contributed by atoms with Crippen LogP contribution in [0.4, 0.5) is 0 Å². The first-order valence-corrected chi connectivity index (χ1v) is 8.42. The molecule has 0 radical (unpaired) electrons. The first kappa shape index (κ1) is 18.1. The minimum Gasteiger partial charge on any atom is -0.511 e. The molecule has 23 heavy (non-hydrogen) atoms. The van der Waals surface area contributed by atoms with Gasteiger partial charge in [-0.3, -0.25) is 19.6 Å². The molecule has 6 heteroatoms. The Morgan fingerprint density at radius 3 is 2.30 bits per heavy atom. The molecule has 0 aromatic heterocycles. The Hall–Kier alpha value is -1.24. The Balaban J connectivity index is 1.76. The van der Waals surface area contributed by atoms with Crippen LogP contribution in [0.5, 0.6) is 0 Å². The normalized spacial score (nSPS) is 23.9. The van der Waals surface area contributed by atoms with Gasteiger partial charge in [-0.25, -0.2) is 0 Å². The zero-order valence-corrected chi connectivity index (χ0v) is 14.3. The van der Waals surface area contributed by atoms with Crippen LogP contribution in [0.1, 0.15) is 26.7 Å². The number of rotatable bonds is 6. The lowest BCUT2D eigenvalue weighted by molar-refractivity contribution is -0.117. The van der Waals surface area contributed by atoms with E-state index in [2.05, 4.69) is 14.8 Å². The van der Waals surface area contributed by atoms with Crippen molar-refractivity contribution in [1.82, 2.24) is 9.80 Å². The first-order valence-electron chi connectivity index (χ1n) is 8.42. The van der Waals surface area contributed by atoms with Crippen LogP contribution in [-0.4, -0.2) is 84.4 Å². The molecule has 2 aliphatic rings. The Morgan fingerprint density at radius 1 is 1.13 bits per heavy atom. The molecular formula is C17H29N3O3. The average molecular weight is 323 g/mol. The average Bonchev–Trinajstić information content (AvgIpc) is 2.46. The fourth-order valence-corrected chi connectivity index (χ4v) is 3.18. The first-order chi connectivity index (χ1) is 10.9. The number of carbonyl (C=O) groups is 1. The van der Waals surface area contributed by atoms with Crippen LogP contribution in [0.15, 0.2) is 16.3 Å². The Kier molecular flexibility index (Phi) is 6.33. The predicted molar refractivity (Wildman–Crippen MR) is 91.0 cm³/mol. The van der Waals surface area contributed by atoms with E-state index in [0.29, 0.717) is 25.0 Å². The second-order valence-corrected chi connectivity index (χ2v) is 7.24. The third-order valence-corrected chi connectivity index (χ3v) is 4.54. The lowest BCUT2D eigenvalue weighted by atomic mass is 9.77. The maximum absolute atomic E-state index is 12.1. The molecule has 1 aliphatic carbocycles. The number of aliphatic imine (C=N–C) groups is 1. The van der Waals surface area contributed by atoms with Gasteiger partial charge < -0.3 is 10.2 Å². The Labute approximate surface area is 138 Å². The fraction of sp³-hybridized carbons (Fsp3) is 0.765. The molecule has 1 aliphatic heterocycles. The van der Waals surface area contributed by atoms with Gasteiger partial charge in [-0.05, 0) is 5.41 Å². The molecule has 0 amide bonds. The van der Waals surface area contributed by atoms with E-state index >= 15 is 0 Å². The predicted octanol–water partition coefficient (Wildman–Crippen LogP) is 0.868. The zero-order valence-electron chi connectivity index (χ0n) is 14.3. The summed E-state index contributed by atoms with van der Waals surface area (Å²) in [5.74, 6) is 0.160. The summed E-state index contributed by atoms with van der Waals surface area (Å²) in [5.41, 5.74) is 0.226. The highest BCUT2D eigenvalue weighted by atomic mass is 16.3. The highest BCUT2D eigenvalue weighted by Crippen LogP contribution is 2.35. The summed E-state index contributed by atoms with van der Waals surface area (Å²) in [5, 5.41) is 19.0. The Morgan fingerprint density at radius 2 is 1.74 bits per heavy atom. The Bertz CT molecular complexity index is 477. The summed E-state index contributed by atoms with van der Waals surface area (Å²) in [6.45, 7) is 10.4. The van der Waals surface area contributed by atoms with E-state index in [-0.39, 0.29) is 23.6 Å². The summed E-state index contributed by atoms with van der Waals surface area (Å²) >= 11 is 0. The minimum atomic E-state index is -0.160. The van der Waals surface area contributed by atoms with Crippen LogP contribution >= 0.6 is 0 Å². The van der Waals surface area contributed by atoms with E-state index < -0.39 is 0 Å². The maximum Gasteiger partial charge on any atom is 0.168 e. The molecule has 2 N–H and O–H groups in total. The molecule has 0 unspecified atom stereocenters. The van der Waals surface area contributed by atoms with Gasteiger partial charge >= 0.3 is 0 Å². The third-order valence-electron chi connectivity index (χ3n) is 4.54. The number of Topliss-reactive ketones (excluding diaryl/α,β-unsaturated/α-hetero) is 1. The van der Waals surface area contributed by atoms with Crippen LogP contribution in [0.2, 0.25) is 0 Å². The molecule has 0 spiro atoms. The van der Waals surface area contributed by atoms with E-state index in [0.717, 1.165) is 39.3 Å². The lowest BCUT2D eigenvalue weighted by Gasteiger charge is -2.33. The molecule has 0 aromatic rings. The van der Waals surface area contributed by atoms with Crippen LogP contribution in [0.3, 0.4) is 0 Å². The number of hydrogen-bond donors (Lipinski definition) is 2. The number of allylic oxidation sites excluding steroid dienone is 2. The van der Waals surface area contributed by atoms with E-state index in [4.69, 9.17) is 5.11 Å². The van der Waals surface area contributed by atoms with Crippen LogP contribution < -0.4 is 0 Å². The van der Waals surface area contributed by atoms with Gasteiger partial charge in [0.05, 0.1) is 18.7 Å². The van der Waals surface area contributed by atoms with E-state index in [1.807, 2.05) is 13.8 Å². The smallest absolute Gasteiger partial charge is 0.168 e. The van der Waals surface area contributed by atoms with Crippen molar-refractivity contribution in [2.45, 2.75) is 26.7 Å². The summed E-state index contributed by atoms with van der Waals surface area (Å²) in [7, 11) is 0. The van der Waals surface area contributed by atoms with Gasteiger partial charge in [0, 0.05) is 58.3 Å². The van der Waals surface area contributed by atoms with Crippen molar-refractivity contribution in [2.75, 3.05) is 52.4 Å². The van der Waals surface area contributed by atoms with Crippen molar-refractivity contribution >= 4 is 12.0 Å². The molecule has 0 atom stereocenters. The SMILES string of the molecule is CC1(C)CC(=O)C(C=NCCN2CCN(CCO)CC2)=C(O)C1. The molecular weight excluding hydrogens is 294 g/mol. The van der Waals surface area contributed by atoms with Crippen molar-refractivity contribution in [3.63, 3.8) is 0 Å². The topological polar surface area (TPSA) is 76.4 Å². The maximum atomic E-state index is 12.1. The zero-order chi connectivity index (χ0) is 16.9. The van der Waals surface area contributed by atoms with Crippen LogP contribution in [-0.2, 0) is 4.79 Å². The largest absolute Gasteiger partial charge is 0.511 e. The van der Waals surface area contributed by atoms with Crippen LogP contribution in [0, 0.1) is 5.41 Å². The standard InChI is InChI=1S/C17H29N3O3/c1-17(2)11-15(22)14(16(23)12-17)13-18-3-4-19-5-7-20(8-6-19)9-10-21/h13,21-22H,3-12H2,1-2H3. The molecule has 0 saturated carbocycles. The molecule has 2 rings (SSSR count). The van der Waals surface area contributed by atoms with E-state index in [1.165, 1.54) is 0 Å². The van der Waals surface area contributed by atoms with Gasteiger partial charge in [0.25, 0.3) is 0 Å². The van der Waals surface area contributed by atoms with Gasteiger partial charge in [0.2, 0.25) is 0 Å². The van der Waals surface area contributed by atoms with Crippen molar-refractivity contribution in [1.29, 1.82) is 0 Å². The fourth-order valence-electron chi connectivity index (χ4n) is 3.18. The van der Waals surface area contributed by atoms with E-state index in [9.17, 15) is 9.90 Å². The third kappa shape index (κ3) is 5.41.